The molecule has 0 aliphatic rings. The molecule has 0 aromatic carbocycles. The molecular formula is C14H34O6Si2. The summed E-state index contributed by atoms with van der Waals surface area (Å²) in [7, 11) is 3.83. The molecule has 134 valence electrons. The molecule has 0 aromatic rings. The van der Waals surface area contributed by atoms with Crippen LogP contribution in [0.5, 0.6) is 0 Å². The predicted molar refractivity (Wildman–Crippen MR) is 90.7 cm³/mol. The van der Waals surface area contributed by atoms with E-state index in [1.807, 2.05) is 0 Å². The quantitative estimate of drug-likeness (QED) is 0.353. The van der Waals surface area contributed by atoms with Crippen molar-refractivity contribution in [3.63, 3.8) is 0 Å². The van der Waals surface area contributed by atoms with Crippen LogP contribution in [0.1, 0.15) is 45.4 Å². The summed E-state index contributed by atoms with van der Waals surface area (Å²) in [5.74, 6) is 0. The summed E-state index contributed by atoms with van der Waals surface area (Å²) in [6.07, 6.45) is 6.75. The van der Waals surface area contributed by atoms with Crippen molar-refractivity contribution in [3.05, 3.63) is 0 Å². The minimum Gasteiger partial charge on any atom is -0.377 e. The maximum Gasteiger partial charge on any atom is 0.507 e. The summed E-state index contributed by atoms with van der Waals surface area (Å²) < 4.78 is 34.1. The lowest BCUT2D eigenvalue weighted by molar-refractivity contribution is 0.0778. The Balaban J connectivity index is 5.20. The minimum absolute atomic E-state index is 0.137. The number of hydrogen-bond donors (Lipinski definition) is 0. The average Bonchev–Trinajstić information content (AvgIpc) is 2.57. The van der Waals surface area contributed by atoms with Crippen LogP contribution in [0.15, 0.2) is 0 Å². The van der Waals surface area contributed by atoms with E-state index in [-0.39, 0.29) is 5.16 Å². The van der Waals surface area contributed by atoms with Gasteiger partial charge in [-0.15, -0.1) is 0 Å². The summed E-state index contributed by atoms with van der Waals surface area (Å²) in [6.45, 7) is 2.21. The van der Waals surface area contributed by atoms with Gasteiger partial charge in [-0.2, -0.15) is 0 Å². The second kappa shape index (κ2) is 11.7. The van der Waals surface area contributed by atoms with E-state index < -0.39 is 17.6 Å². The monoisotopic (exact) mass is 354 g/mol. The highest BCUT2D eigenvalue weighted by molar-refractivity contribution is 6.82. The third kappa shape index (κ3) is 5.38. The van der Waals surface area contributed by atoms with E-state index in [0.29, 0.717) is 0 Å². The average molecular weight is 355 g/mol. The van der Waals surface area contributed by atoms with E-state index in [0.717, 1.165) is 19.3 Å². The highest BCUT2D eigenvalue weighted by Gasteiger charge is 2.63. The van der Waals surface area contributed by atoms with Gasteiger partial charge in [0.05, 0.1) is 5.16 Å². The zero-order valence-electron chi connectivity index (χ0n) is 15.3. The molecule has 0 saturated carbocycles. The maximum absolute atomic E-state index is 5.68. The Kier molecular flexibility index (Phi) is 11.8. The first kappa shape index (κ1) is 22.2. The van der Waals surface area contributed by atoms with Crippen molar-refractivity contribution in [2.45, 2.75) is 50.6 Å². The molecule has 0 heterocycles. The first-order valence-corrected chi connectivity index (χ1v) is 11.5. The third-order valence-electron chi connectivity index (χ3n) is 4.16. The first-order valence-electron chi connectivity index (χ1n) is 7.87. The Morgan fingerprint density at radius 2 is 0.955 bits per heavy atom. The molecule has 0 bridgehead atoms. The Bertz CT molecular complexity index is 236. The fourth-order valence-corrected chi connectivity index (χ4v) is 10.6. The lowest BCUT2D eigenvalue weighted by atomic mass is 10.1. The molecule has 0 aliphatic carbocycles. The van der Waals surface area contributed by atoms with Gasteiger partial charge in [-0.3, -0.25) is 0 Å². The minimum atomic E-state index is -2.93. The molecule has 6 nitrogen and oxygen atoms in total. The smallest absolute Gasteiger partial charge is 0.377 e. The van der Waals surface area contributed by atoms with Crippen LogP contribution in [-0.2, 0) is 26.6 Å². The van der Waals surface area contributed by atoms with Crippen LogP contribution in [0, 0.1) is 0 Å². The molecular weight excluding hydrogens is 320 g/mol. The summed E-state index contributed by atoms with van der Waals surface area (Å²) >= 11 is 0. The van der Waals surface area contributed by atoms with Crippen LogP contribution in [0.25, 0.3) is 0 Å². The molecule has 0 rings (SSSR count). The van der Waals surface area contributed by atoms with Crippen molar-refractivity contribution >= 4 is 17.6 Å². The van der Waals surface area contributed by atoms with Gasteiger partial charge < -0.3 is 26.6 Å². The second-order valence-electron chi connectivity index (χ2n) is 5.19. The Morgan fingerprint density at radius 3 is 1.27 bits per heavy atom. The number of hydrogen-bond acceptors (Lipinski definition) is 6. The molecule has 0 spiro atoms. The zero-order valence-corrected chi connectivity index (χ0v) is 17.3. The van der Waals surface area contributed by atoms with E-state index in [2.05, 4.69) is 6.92 Å². The summed E-state index contributed by atoms with van der Waals surface area (Å²) in [4.78, 5) is 0. The first-order chi connectivity index (χ1) is 10.6. The van der Waals surface area contributed by atoms with Crippen LogP contribution in [0.4, 0.5) is 0 Å². The molecule has 22 heavy (non-hydrogen) atoms. The Labute approximate surface area is 138 Å². The summed E-state index contributed by atoms with van der Waals surface area (Å²) in [6, 6.07) is 0. The molecule has 0 radical (unpaired) electrons. The molecule has 8 heteroatoms. The van der Waals surface area contributed by atoms with Gasteiger partial charge in [0.25, 0.3) is 0 Å². The van der Waals surface area contributed by atoms with Gasteiger partial charge in [0, 0.05) is 42.7 Å². The number of unbranched alkanes of at least 4 members (excludes halogenated alkanes) is 4. The van der Waals surface area contributed by atoms with Crippen molar-refractivity contribution in [1.29, 1.82) is 0 Å². The van der Waals surface area contributed by atoms with E-state index in [4.69, 9.17) is 26.6 Å². The van der Waals surface area contributed by atoms with Gasteiger partial charge in [-0.25, -0.2) is 0 Å². The largest absolute Gasteiger partial charge is 0.507 e. The number of rotatable bonds is 14. The standard InChI is InChI=1S/C14H34O6Si2/c1-8-9-10-11-12-13-14(21(15-2,16-3)17-4)22(18-5,19-6)20-7/h14H,8-13H2,1-7H3. The second-order valence-corrected chi connectivity index (χ2v) is 12.0. The van der Waals surface area contributed by atoms with E-state index in [1.165, 1.54) is 19.3 Å². The zero-order chi connectivity index (χ0) is 17.1. The molecule has 0 atom stereocenters. The summed E-state index contributed by atoms with van der Waals surface area (Å²) in [5.41, 5.74) is 0. The normalized spacial score (nSPS) is 13.1. The SMILES string of the molecule is CCCCCCCC([Si](OC)(OC)OC)[Si](OC)(OC)OC. The lowest BCUT2D eigenvalue weighted by Gasteiger charge is -2.39. The Hall–Kier alpha value is 0.194. The van der Waals surface area contributed by atoms with Gasteiger partial charge in [0.2, 0.25) is 0 Å². The molecule has 0 aliphatic heterocycles. The van der Waals surface area contributed by atoms with Crippen molar-refractivity contribution < 1.29 is 26.6 Å². The fourth-order valence-electron chi connectivity index (χ4n) is 2.88. The Morgan fingerprint density at radius 1 is 0.591 bits per heavy atom. The maximum atomic E-state index is 5.68. The molecule has 0 aromatic heterocycles. The summed E-state index contributed by atoms with van der Waals surface area (Å²) in [5, 5.41) is -0.137. The van der Waals surface area contributed by atoms with Crippen LogP contribution in [-0.4, -0.2) is 60.3 Å². The van der Waals surface area contributed by atoms with Crippen LogP contribution < -0.4 is 0 Å². The van der Waals surface area contributed by atoms with Gasteiger partial charge >= 0.3 is 17.6 Å². The predicted octanol–water partition coefficient (Wildman–Crippen LogP) is 3.01. The highest BCUT2D eigenvalue weighted by atomic mass is 28.5. The third-order valence-corrected chi connectivity index (χ3v) is 12.0. The van der Waals surface area contributed by atoms with E-state index in [1.54, 1.807) is 42.7 Å². The van der Waals surface area contributed by atoms with Crippen molar-refractivity contribution in [2.75, 3.05) is 42.7 Å². The molecule has 0 saturated heterocycles. The van der Waals surface area contributed by atoms with Gasteiger partial charge in [0.1, 0.15) is 0 Å². The molecule has 0 fully saturated rings. The van der Waals surface area contributed by atoms with Crippen LogP contribution >= 0.6 is 0 Å². The fraction of sp³-hybridized carbons (Fsp3) is 1.00. The van der Waals surface area contributed by atoms with Crippen molar-refractivity contribution in [3.8, 4) is 0 Å². The van der Waals surface area contributed by atoms with E-state index >= 15 is 0 Å². The van der Waals surface area contributed by atoms with Gasteiger partial charge in [-0.1, -0.05) is 39.0 Å². The molecule has 0 amide bonds. The van der Waals surface area contributed by atoms with Gasteiger partial charge in [-0.05, 0) is 6.42 Å². The van der Waals surface area contributed by atoms with Crippen molar-refractivity contribution in [1.82, 2.24) is 0 Å². The van der Waals surface area contributed by atoms with E-state index in [9.17, 15) is 0 Å². The highest BCUT2D eigenvalue weighted by Crippen LogP contribution is 2.39. The molecule has 0 N–H and O–H groups in total. The lowest BCUT2D eigenvalue weighted by Crippen LogP contribution is -2.62. The topological polar surface area (TPSA) is 55.4 Å². The van der Waals surface area contributed by atoms with Gasteiger partial charge in [0.15, 0.2) is 0 Å². The van der Waals surface area contributed by atoms with Crippen LogP contribution in [0.2, 0.25) is 5.16 Å². The molecule has 0 unspecified atom stereocenters. The van der Waals surface area contributed by atoms with Crippen LogP contribution in [0.3, 0.4) is 0 Å². The van der Waals surface area contributed by atoms with Crippen molar-refractivity contribution in [2.24, 2.45) is 0 Å².